The van der Waals surface area contributed by atoms with E-state index in [-0.39, 0.29) is 6.71 Å². The molecule has 9 rings (SSSR count). The molecule has 0 saturated carbocycles. The number of benzene rings is 7. The molecule has 45 heavy (non-hydrogen) atoms. The van der Waals surface area contributed by atoms with Gasteiger partial charge in [-0.05, 0) is 50.9 Å². The van der Waals surface area contributed by atoms with Crippen molar-refractivity contribution in [3.05, 3.63) is 164 Å². The van der Waals surface area contributed by atoms with Crippen molar-refractivity contribution in [3.63, 3.8) is 0 Å². The molecule has 0 unspecified atom stereocenters. The van der Waals surface area contributed by atoms with Crippen LogP contribution in [0.5, 0.6) is 23.0 Å². The summed E-state index contributed by atoms with van der Waals surface area (Å²) in [6.45, 7) is -0.0825. The molecule has 0 aliphatic carbocycles. The number of hydrogen-bond donors (Lipinski definition) is 0. The molecule has 210 valence electrons. The van der Waals surface area contributed by atoms with Crippen molar-refractivity contribution in [2.45, 2.75) is 0 Å². The van der Waals surface area contributed by atoms with E-state index in [0.717, 1.165) is 78.3 Å². The summed E-state index contributed by atoms with van der Waals surface area (Å²) >= 11 is 0. The highest BCUT2D eigenvalue weighted by molar-refractivity contribution is 6.98. The van der Waals surface area contributed by atoms with Gasteiger partial charge in [0.25, 0.3) is 6.71 Å². The van der Waals surface area contributed by atoms with Gasteiger partial charge >= 0.3 is 0 Å². The minimum atomic E-state index is -0.0825. The summed E-state index contributed by atoms with van der Waals surface area (Å²) in [5.41, 5.74) is 12.2. The second-order valence-electron chi connectivity index (χ2n) is 11.6. The van der Waals surface area contributed by atoms with Crippen LogP contribution in [0.4, 0.5) is 0 Å². The maximum absolute atomic E-state index is 7.14. The highest BCUT2D eigenvalue weighted by Gasteiger charge is 2.43. The van der Waals surface area contributed by atoms with Crippen LogP contribution in [0.15, 0.2) is 164 Å². The molecular weight excluding hydrogens is 547 g/mol. The van der Waals surface area contributed by atoms with Gasteiger partial charge in [-0.2, -0.15) is 0 Å². The molecule has 0 aromatic heterocycles. The fraction of sp³-hybridized carbons (Fsp3) is 0. The van der Waals surface area contributed by atoms with Crippen molar-refractivity contribution in [3.8, 4) is 67.5 Å². The lowest BCUT2D eigenvalue weighted by molar-refractivity contribution is 0.467. The second-order valence-corrected chi connectivity index (χ2v) is 11.6. The zero-order valence-corrected chi connectivity index (χ0v) is 24.5. The molecule has 2 heterocycles. The Morgan fingerprint density at radius 3 is 1.47 bits per heavy atom. The average molecular weight is 574 g/mol. The third-order valence-electron chi connectivity index (χ3n) is 9.01. The number of para-hydroxylation sites is 1. The van der Waals surface area contributed by atoms with Crippen LogP contribution >= 0.6 is 0 Å². The summed E-state index contributed by atoms with van der Waals surface area (Å²) in [5, 5.41) is 0. The lowest BCUT2D eigenvalue weighted by atomic mass is 9.34. The van der Waals surface area contributed by atoms with Gasteiger partial charge in [-0.25, -0.2) is 0 Å². The van der Waals surface area contributed by atoms with Gasteiger partial charge in [0.15, 0.2) is 0 Å². The molecule has 3 heteroatoms. The summed E-state index contributed by atoms with van der Waals surface area (Å²) in [6, 6.07) is 57.6. The van der Waals surface area contributed by atoms with Gasteiger partial charge in [0.05, 0.1) is 0 Å². The first-order chi connectivity index (χ1) is 22.3. The number of fused-ring (bicyclic) bond motifs is 4. The fourth-order valence-corrected chi connectivity index (χ4v) is 6.92. The smallest absolute Gasteiger partial charge is 0.260 e. The maximum Gasteiger partial charge on any atom is 0.260 e. The molecule has 0 fully saturated rings. The molecule has 0 saturated heterocycles. The Kier molecular flexibility index (Phi) is 5.95. The molecule has 0 atom stereocenters. The number of rotatable bonds is 4. The third-order valence-corrected chi connectivity index (χ3v) is 9.01. The minimum absolute atomic E-state index is 0.0825. The van der Waals surface area contributed by atoms with Gasteiger partial charge < -0.3 is 9.47 Å². The number of hydrogen-bond acceptors (Lipinski definition) is 2. The third kappa shape index (κ3) is 4.20. The van der Waals surface area contributed by atoms with Crippen molar-refractivity contribution in [2.75, 3.05) is 0 Å². The number of ether oxygens (including phenoxy) is 2. The SMILES string of the molecule is c1ccc(-c2ccc3c(c2)B2c4cccc(-c5ccccc5)c4Oc4c(-c5ccccc5)cc(-c5ccccc5)c(c42)O3)cc1. The molecule has 0 bridgehead atoms. The van der Waals surface area contributed by atoms with E-state index in [9.17, 15) is 0 Å². The molecule has 7 aromatic carbocycles. The lowest BCUT2D eigenvalue weighted by Crippen LogP contribution is -2.57. The topological polar surface area (TPSA) is 18.5 Å². The van der Waals surface area contributed by atoms with Gasteiger partial charge in [-0.1, -0.05) is 152 Å². The monoisotopic (exact) mass is 574 g/mol. The van der Waals surface area contributed by atoms with Crippen molar-refractivity contribution in [1.29, 1.82) is 0 Å². The Labute approximate surface area is 263 Å². The molecular formula is C42H27BO2. The lowest BCUT2D eigenvalue weighted by Gasteiger charge is -2.36. The van der Waals surface area contributed by atoms with Gasteiger partial charge in [0.2, 0.25) is 0 Å². The van der Waals surface area contributed by atoms with E-state index in [1.807, 2.05) is 0 Å². The van der Waals surface area contributed by atoms with Crippen LogP contribution in [0.3, 0.4) is 0 Å². The molecule has 7 aromatic rings. The van der Waals surface area contributed by atoms with Crippen LogP contribution < -0.4 is 25.9 Å². The zero-order chi connectivity index (χ0) is 29.7. The molecule has 0 N–H and O–H groups in total. The largest absolute Gasteiger partial charge is 0.458 e. The molecule has 2 aliphatic rings. The van der Waals surface area contributed by atoms with Crippen molar-refractivity contribution in [2.24, 2.45) is 0 Å². The minimum Gasteiger partial charge on any atom is -0.458 e. The van der Waals surface area contributed by atoms with Gasteiger partial charge in [0, 0.05) is 22.2 Å². The van der Waals surface area contributed by atoms with E-state index in [2.05, 4.69) is 164 Å². The zero-order valence-electron chi connectivity index (χ0n) is 24.5. The summed E-state index contributed by atoms with van der Waals surface area (Å²) in [4.78, 5) is 0. The maximum atomic E-state index is 7.14. The molecule has 0 spiro atoms. The Morgan fingerprint density at radius 1 is 0.333 bits per heavy atom. The summed E-state index contributed by atoms with van der Waals surface area (Å²) in [6.07, 6.45) is 0. The normalized spacial score (nSPS) is 12.3. The average Bonchev–Trinajstić information content (AvgIpc) is 3.12. The molecule has 2 aliphatic heterocycles. The van der Waals surface area contributed by atoms with Crippen molar-refractivity contribution in [1.82, 2.24) is 0 Å². The predicted octanol–water partition coefficient (Wildman–Crippen LogP) is 9.08. The van der Waals surface area contributed by atoms with Crippen molar-refractivity contribution < 1.29 is 9.47 Å². The Balaban J connectivity index is 1.38. The van der Waals surface area contributed by atoms with Gasteiger partial charge in [0.1, 0.15) is 23.0 Å². The molecule has 2 nitrogen and oxygen atoms in total. The van der Waals surface area contributed by atoms with E-state index in [0.29, 0.717) is 0 Å². The van der Waals surface area contributed by atoms with E-state index < -0.39 is 0 Å². The first kappa shape index (κ1) is 25.7. The quantitative estimate of drug-likeness (QED) is 0.195. The predicted molar refractivity (Wildman–Crippen MR) is 186 cm³/mol. The Bertz CT molecular complexity index is 2190. The van der Waals surface area contributed by atoms with Gasteiger partial charge in [-0.3, -0.25) is 0 Å². The highest BCUT2D eigenvalue weighted by atomic mass is 16.5. The Hall–Kier alpha value is -5.80. The van der Waals surface area contributed by atoms with Crippen LogP contribution in [-0.4, -0.2) is 6.71 Å². The Morgan fingerprint density at radius 2 is 0.867 bits per heavy atom. The van der Waals surface area contributed by atoms with E-state index in [1.165, 1.54) is 5.56 Å². The summed E-state index contributed by atoms with van der Waals surface area (Å²) < 4.78 is 14.1. The summed E-state index contributed by atoms with van der Waals surface area (Å²) in [5.74, 6) is 3.49. The highest BCUT2D eigenvalue weighted by Crippen LogP contribution is 2.47. The van der Waals surface area contributed by atoms with Crippen LogP contribution in [0.1, 0.15) is 0 Å². The summed E-state index contributed by atoms with van der Waals surface area (Å²) in [7, 11) is 0. The second kappa shape index (κ2) is 10.4. The van der Waals surface area contributed by atoms with Crippen LogP contribution in [-0.2, 0) is 0 Å². The van der Waals surface area contributed by atoms with Crippen LogP contribution in [0.25, 0.3) is 44.5 Å². The first-order valence-corrected chi connectivity index (χ1v) is 15.4. The first-order valence-electron chi connectivity index (χ1n) is 15.4. The molecule has 0 amide bonds. The fourth-order valence-electron chi connectivity index (χ4n) is 6.92. The van der Waals surface area contributed by atoms with E-state index in [4.69, 9.17) is 9.47 Å². The van der Waals surface area contributed by atoms with Crippen LogP contribution in [0.2, 0.25) is 0 Å². The standard InChI is InChI=1S/C42H27BO2/c1-5-14-28(15-6-1)32-24-25-38-37(26-32)43-36-23-13-22-33(29-16-7-2-8-17-29)40(36)45-42-35(31-20-11-4-12-21-31)27-34(41(44-38)39(42)43)30-18-9-3-10-19-30/h1-27H. The van der Waals surface area contributed by atoms with E-state index >= 15 is 0 Å². The van der Waals surface area contributed by atoms with Crippen LogP contribution in [0, 0.1) is 0 Å². The van der Waals surface area contributed by atoms with Gasteiger partial charge in [-0.15, -0.1) is 0 Å². The van der Waals surface area contributed by atoms with Crippen molar-refractivity contribution >= 4 is 23.1 Å². The molecule has 0 radical (unpaired) electrons. The van der Waals surface area contributed by atoms with E-state index in [1.54, 1.807) is 0 Å².